The van der Waals surface area contributed by atoms with E-state index in [1.807, 2.05) is 12.1 Å². The normalized spacial score (nSPS) is 14.2. The monoisotopic (exact) mass is 253 g/mol. The Labute approximate surface area is 108 Å². The molecule has 0 saturated carbocycles. The first-order valence-corrected chi connectivity index (χ1v) is 6.34. The zero-order valence-corrected chi connectivity index (χ0v) is 11.1. The molecule has 0 aliphatic heterocycles. The molecule has 18 heavy (non-hydrogen) atoms. The minimum Gasteiger partial charge on any atom is -0.504 e. The number of aliphatic hydroxyl groups is 1. The fourth-order valence-electron chi connectivity index (χ4n) is 2.19. The summed E-state index contributed by atoms with van der Waals surface area (Å²) in [4.78, 5) is 0. The molecular weight excluding hydrogens is 230 g/mol. The van der Waals surface area contributed by atoms with Gasteiger partial charge in [0.1, 0.15) is 0 Å². The van der Waals surface area contributed by atoms with Crippen LogP contribution in [0.25, 0.3) is 0 Å². The number of hydrogen-bond acceptors (Lipinski definition) is 4. The van der Waals surface area contributed by atoms with E-state index >= 15 is 0 Å². The fourth-order valence-corrected chi connectivity index (χ4v) is 2.19. The summed E-state index contributed by atoms with van der Waals surface area (Å²) in [6.07, 6.45) is 1.65. The lowest BCUT2D eigenvalue weighted by molar-refractivity contribution is 0.214. The Morgan fingerprint density at radius 2 is 2.11 bits per heavy atom. The second-order valence-corrected chi connectivity index (χ2v) is 4.52. The standard InChI is InChI=1S/C14H23NO3/c1-3-11(7-10(8-15)9-16)12-5-4-6-13(18-2)14(12)17/h4-6,10-11,16-17H,3,7-9,15H2,1-2H3. The number of nitrogens with two attached hydrogens (primary N) is 1. The lowest BCUT2D eigenvalue weighted by Gasteiger charge is -2.22. The largest absolute Gasteiger partial charge is 0.504 e. The van der Waals surface area contributed by atoms with E-state index in [2.05, 4.69) is 6.92 Å². The molecule has 0 aliphatic rings. The fraction of sp³-hybridized carbons (Fsp3) is 0.571. The number of ether oxygens (including phenoxy) is 1. The molecule has 1 aromatic carbocycles. The number of benzene rings is 1. The molecule has 0 aromatic heterocycles. The van der Waals surface area contributed by atoms with E-state index in [1.165, 1.54) is 7.11 Å². The molecule has 4 heteroatoms. The van der Waals surface area contributed by atoms with Gasteiger partial charge in [0.25, 0.3) is 0 Å². The number of methoxy groups -OCH3 is 1. The van der Waals surface area contributed by atoms with E-state index in [0.29, 0.717) is 12.3 Å². The molecule has 0 amide bonds. The molecule has 0 aliphatic carbocycles. The summed E-state index contributed by atoms with van der Waals surface area (Å²) < 4.78 is 5.11. The van der Waals surface area contributed by atoms with Crippen LogP contribution in [0.15, 0.2) is 18.2 Å². The van der Waals surface area contributed by atoms with Crippen LogP contribution in [0, 0.1) is 5.92 Å². The molecule has 4 nitrogen and oxygen atoms in total. The van der Waals surface area contributed by atoms with Crippen molar-refractivity contribution in [1.29, 1.82) is 0 Å². The Balaban J connectivity index is 2.94. The Morgan fingerprint density at radius 1 is 1.39 bits per heavy atom. The molecule has 1 aromatic rings. The van der Waals surface area contributed by atoms with Crippen LogP contribution in [0.2, 0.25) is 0 Å². The van der Waals surface area contributed by atoms with Crippen LogP contribution in [0.5, 0.6) is 11.5 Å². The van der Waals surface area contributed by atoms with Gasteiger partial charge in [-0.05, 0) is 37.3 Å². The highest BCUT2D eigenvalue weighted by Gasteiger charge is 2.19. The van der Waals surface area contributed by atoms with Crippen LogP contribution >= 0.6 is 0 Å². The molecule has 0 heterocycles. The summed E-state index contributed by atoms with van der Waals surface area (Å²) in [6.45, 7) is 2.60. The average molecular weight is 253 g/mol. The molecule has 0 radical (unpaired) electrons. The molecule has 0 fully saturated rings. The zero-order valence-electron chi connectivity index (χ0n) is 11.1. The van der Waals surface area contributed by atoms with Gasteiger partial charge in [-0.15, -0.1) is 0 Å². The lowest BCUT2D eigenvalue weighted by Crippen LogP contribution is -2.20. The SMILES string of the molecule is CCC(CC(CN)CO)c1cccc(OC)c1O. The van der Waals surface area contributed by atoms with Crippen molar-refractivity contribution in [2.45, 2.75) is 25.7 Å². The van der Waals surface area contributed by atoms with Gasteiger partial charge < -0.3 is 20.7 Å². The van der Waals surface area contributed by atoms with E-state index in [4.69, 9.17) is 10.5 Å². The van der Waals surface area contributed by atoms with Crippen LogP contribution in [-0.2, 0) is 0 Å². The molecule has 2 unspecified atom stereocenters. The maximum atomic E-state index is 10.1. The van der Waals surface area contributed by atoms with Gasteiger partial charge in [0.2, 0.25) is 0 Å². The Bertz CT molecular complexity index is 364. The van der Waals surface area contributed by atoms with Gasteiger partial charge in [-0.25, -0.2) is 0 Å². The minimum atomic E-state index is 0.0700. The highest BCUT2D eigenvalue weighted by Crippen LogP contribution is 2.38. The number of para-hydroxylation sites is 1. The first kappa shape index (κ1) is 14.8. The Kier molecular flexibility index (Phi) is 5.95. The van der Waals surface area contributed by atoms with Crippen molar-refractivity contribution in [3.8, 4) is 11.5 Å². The third kappa shape index (κ3) is 3.37. The Hall–Kier alpha value is -1.26. The summed E-state index contributed by atoms with van der Waals surface area (Å²) in [5.41, 5.74) is 6.48. The van der Waals surface area contributed by atoms with E-state index in [0.717, 1.165) is 18.4 Å². The third-order valence-corrected chi connectivity index (χ3v) is 3.39. The average Bonchev–Trinajstić information content (AvgIpc) is 2.41. The number of aliphatic hydroxyl groups excluding tert-OH is 1. The number of phenols is 1. The quantitative estimate of drug-likeness (QED) is 0.693. The van der Waals surface area contributed by atoms with Gasteiger partial charge in [0.15, 0.2) is 11.5 Å². The zero-order chi connectivity index (χ0) is 13.5. The lowest BCUT2D eigenvalue weighted by atomic mass is 9.86. The van der Waals surface area contributed by atoms with E-state index < -0.39 is 0 Å². The molecular formula is C14H23NO3. The van der Waals surface area contributed by atoms with Crippen molar-refractivity contribution in [2.24, 2.45) is 11.7 Å². The maximum absolute atomic E-state index is 10.1. The number of rotatable bonds is 7. The number of aromatic hydroxyl groups is 1. The maximum Gasteiger partial charge on any atom is 0.161 e. The van der Waals surface area contributed by atoms with Crippen molar-refractivity contribution in [3.63, 3.8) is 0 Å². The van der Waals surface area contributed by atoms with Crippen molar-refractivity contribution >= 4 is 0 Å². The molecule has 0 spiro atoms. The molecule has 4 N–H and O–H groups in total. The van der Waals surface area contributed by atoms with Gasteiger partial charge >= 0.3 is 0 Å². The third-order valence-electron chi connectivity index (χ3n) is 3.39. The summed E-state index contributed by atoms with van der Waals surface area (Å²) in [5.74, 6) is 0.932. The van der Waals surface area contributed by atoms with Crippen LogP contribution in [0.4, 0.5) is 0 Å². The van der Waals surface area contributed by atoms with E-state index in [9.17, 15) is 10.2 Å². The van der Waals surface area contributed by atoms with E-state index in [-0.39, 0.29) is 24.2 Å². The van der Waals surface area contributed by atoms with Crippen molar-refractivity contribution in [2.75, 3.05) is 20.3 Å². The summed E-state index contributed by atoms with van der Waals surface area (Å²) in [7, 11) is 1.54. The van der Waals surface area contributed by atoms with Gasteiger partial charge in [-0.1, -0.05) is 19.1 Å². The van der Waals surface area contributed by atoms with Crippen LogP contribution in [-0.4, -0.2) is 30.5 Å². The summed E-state index contributed by atoms with van der Waals surface area (Å²) in [6, 6.07) is 5.50. The smallest absolute Gasteiger partial charge is 0.161 e. The first-order chi connectivity index (χ1) is 8.67. The summed E-state index contributed by atoms with van der Waals surface area (Å²) >= 11 is 0. The number of phenolic OH excluding ortho intramolecular Hbond substituents is 1. The van der Waals surface area contributed by atoms with Crippen molar-refractivity contribution < 1.29 is 14.9 Å². The second-order valence-electron chi connectivity index (χ2n) is 4.52. The molecule has 0 saturated heterocycles. The van der Waals surface area contributed by atoms with Gasteiger partial charge in [-0.3, -0.25) is 0 Å². The first-order valence-electron chi connectivity index (χ1n) is 6.34. The van der Waals surface area contributed by atoms with Crippen molar-refractivity contribution in [3.05, 3.63) is 23.8 Å². The van der Waals surface area contributed by atoms with Crippen LogP contribution in [0.3, 0.4) is 0 Å². The molecule has 0 bridgehead atoms. The second kappa shape index (κ2) is 7.24. The summed E-state index contributed by atoms with van der Waals surface area (Å²) in [5, 5.41) is 19.4. The van der Waals surface area contributed by atoms with Crippen LogP contribution in [0.1, 0.15) is 31.2 Å². The predicted molar refractivity (Wildman–Crippen MR) is 71.9 cm³/mol. The van der Waals surface area contributed by atoms with Crippen LogP contribution < -0.4 is 10.5 Å². The van der Waals surface area contributed by atoms with E-state index in [1.54, 1.807) is 6.07 Å². The highest BCUT2D eigenvalue weighted by atomic mass is 16.5. The highest BCUT2D eigenvalue weighted by molar-refractivity contribution is 5.47. The number of hydrogen-bond donors (Lipinski definition) is 3. The van der Waals surface area contributed by atoms with Gasteiger partial charge in [-0.2, -0.15) is 0 Å². The van der Waals surface area contributed by atoms with Gasteiger partial charge in [0.05, 0.1) is 7.11 Å². The predicted octanol–water partition coefficient (Wildman–Crippen LogP) is 1.85. The molecule has 1 rings (SSSR count). The molecule has 102 valence electrons. The van der Waals surface area contributed by atoms with Gasteiger partial charge in [0, 0.05) is 12.2 Å². The topological polar surface area (TPSA) is 75.7 Å². The minimum absolute atomic E-state index is 0.0700. The van der Waals surface area contributed by atoms with Crippen molar-refractivity contribution in [1.82, 2.24) is 0 Å². The molecule has 2 atom stereocenters. The Morgan fingerprint density at radius 3 is 2.61 bits per heavy atom.